The standard InChI is InChI=1S/C9H9F3N2O3/c10-9(11,12)8(17)14-6(7(15)16)4-5-2-1-3-13-5/h1-3,6,13H,4H2,(H,14,17)(H,15,16). The number of aromatic nitrogens is 1. The molecule has 5 nitrogen and oxygen atoms in total. The minimum Gasteiger partial charge on any atom is -0.480 e. The number of aromatic amines is 1. The lowest BCUT2D eigenvalue weighted by atomic mass is 10.1. The van der Waals surface area contributed by atoms with Crippen molar-refractivity contribution in [1.29, 1.82) is 0 Å². The van der Waals surface area contributed by atoms with Crippen molar-refractivity contribution in [1.82, 2.24) is 10.3 Å². The van der Waals surface area contributed by atoms with Gasteiger partial charge in [-0.15, -0.1) is 0 Å². The number of nitrogens with one attached hydrogen (secondary N) is 2. The summed E-state index contributed by atoms with van der Waals surface area (Å²) in [6, 6.07) is 1.46. The van der Waals surface area contributed by atoms with Gasteiger partial charge in [0, 0.05) is 18.3 Å². The molecule has 1 rings (SSSR count). The van der Waals surface area contributed by atoms with Crippen LogP contribution in [0.3, 0.4) is 0 Å². The number of H-pyrrole nitrogens is 1. The molecule has 8 heteroatoms. The minimum absolute atomic E-state index is 0.246. The molecule has 94 valence electrons. The van der Waals surface area contributed by atoms with Crippen molar-refractivity contribution in [3.63, 3.8) is 0 Å². The second kappa shape index (κ2) is 4.89. The second-order valence-electron chi connectivity index (χ2n) is 3.26. The second-order valence-corrected chi connectivity index (χ2v) is 3.26. The van der Waals surface area contributed by atoms with Gasteiger partial charge in [0.1, 0.15) is 6.04 Å². The van der Waals surface area contributed by atoms with E-state index in [0.717, 1.165) is 0 Å². The molecule has 0 bridgehead atoms. The highest BCUT2D eigenvalue weighted by molar-refractivity contribution is 5.87. The van der Waals surface area contributed by atoms with Gasteiger partial charge in [-0.25, -0.2) is 4.79 Å². The molecule has 0 fully saturated rings. The van der Waals surface area contributed by atoms with Crippen LogP contribution >= 0.6 is 0 Å². The van der Waals surface area contributed by atoms with E-state index in [1.807, 2.05) is 0 Å². The third kappa shape index (κ3) is 3.82. The first-order valence-electron chi connectivity index (χ1n) is 4.53. The SMILES string of the molecule is O=C(O)C(Cc1ccc[nH]1)NC(=O)C(F)(F)F. The summed E-state index contributed by atoms with van der Waals surface area (Å²) in [5, 5.41) is 10.1. The molecule has 0 aliphatic rings. The molecule has 0 spiro atoms. The van der Waals surface area contributed by atoms with Crippen molar-refractivity contribution in [3.8, 4) is 0 Å². The molecule has 1 amide bonds. The number of rotatable bonds is 4. The van der Waals surface area contributed by atoms with E-state index in [2.05, 4.69) is 4.98 Å². The minimum atomic E-state index is -5.09. The van der Waals surface area contributed by atoms with Crippen molar-refractivity contribution >= 4 is 11.9 Å². The summed E-state index contributed by atoms with van der Waals surface area (Å²) in [7, 11) is 0. The molecule has 0 saturated heterocycles. The lowest BCUT2D eigenvalue weighted by Gasteiger charge is -2.14. The van der Waals surface area contributed by atoms with Crippen molar-refractivity contribution in [2.45, 2.75) is 18.6 Å². The maximum absolute atomic E-state index is 11.9. The monoisotopic (exact) mass is 250 g/mol. The summed E-state index contributed by atoms with van der Waals surface area (Å²) in [5.41, 5.74) is 0.417. The van der Waals surface area contributed by atoms with Crippen LogP contribution in [0, 0.1) is 0 Å². The van der Waals surface area contributed by atoms with Crippen LogP contribution in [0.15, 0.2) is 18.3 Å². The summed E-state index contributed by atoms with van der Waals surface area (Å²) in [5.74, 6) is -3.80. The third-order valence-corrected chi connectivity index (χ3v) is 1.95. The van der Waals surface area contributed by atoms with Gasteiger partial charge in [-0.1, -0.05) is 0 Å². The Bertz CT molecular complexity index is 400. The van der Waals surface area contributed by atoms with Gasteiger partial charge in [-0.3, -0.25) is 4.79 Å². The van der Waals surface area contributed by atoms with Crippen LogP contribution in [-0.2, 0) is 16.0 Å². The Hall–Kier alpha value is -1.99. The summed E-state index contributed by atoms with van der Waals surface area (Å²) in [6.07, 6.45) is -3.84. The highest BCUT2D eigenvalue weighted by Crippen LogP contribution is 2.15. The predicted octanol–water partition coefficient (Wildman–Crippen LogP) is 0.689. The number of carboxylic acid groups (broad SMARTS) is 1. The highest BCUT2D eigenvalue weighted by Gasteiger charge is 2.40. The van der Waals surface area contributed by atoms with Crippen molar-refractivity contribution in [2.24, 2.45) is 0 Å². The molecule has 1 heterocycles. The van der Waals surface area contributed by atoms with Gasteiger partial charge >= 0.3 is 18.1 Å². The average molecular weight is 250 g/mol. The Balaban J connectivity index is 2.68. The molecule has 0 aromatic carbocycles. The lowest BCUT2D eigenvalue weighted by molar-refractivity contribution is -0.175. The van der Waals surface area contributed by atoms with Gasteiger partial charge in [0.25, 0.3) is 0 Å². The van der Waals surface area contributed by atoms with Crippen LogP contribution in [0.25, 0.3) is 0 Å². The van der Waals surface area contributed by atoms with E-state index < -0.39 is 24.1 Å². The molecule has 1 atom stereocenters. The quantitative estimate of drug-likeness (QED) is 0.735. The van der Waals surface area contributed by atoms with E-state index in [1.54, 1.807) is 6.07 Å². The van der Waals surface area contributed by atoms with E-state index in [4.69, 9.17) is 5.11 Å². The maximum atomic E-state index is 11.9. The molecule has 17 heavy (non-hydrogen) atoms. The smallest absolute Gasteiger partial charge is 0.471 e. The van der Waals surface area contributed by atoms with Gasteiger partial charge in [0.05, 0.1) is 0 Å². The Morgan fingerprint density at radius 3 is 2.53 bits per heavy atom. The number of carbonyl (C=O) groups is 2. The Morgan fingerprint density at radius 2 is 2.12 bits per heavy atom. The van der Waals surface area contributed by atoms with Crippen molar-refractivity contribution in [3.05, 3.63) is 24.0 Å². The lowest BCUT2D eigenvalue weighted by Crippen LogP contribution is -2.47. The summed E-state index contributed by atoms with van der Waals surface area (Å²) in [6.45, 7) is 0. The molecule has 1 aromatic rings. The fourth-order valence-corrected chi connectivity index (χ4v) is 1.15. The van der Waals surface area contributed by atoms with Gasteiger partial charge in [-0.05, 0) is 12.1 Å². The van der Waals surface area contributed by atoms with Crippen LogP contribution in [-0.4, -0.2) is 34.2 Å². The molecule has 1 aromatic heterocycles. The van der Waals surface area contributed by atoms with Gasteiger partial charge in [0.15, 0.2) is 0 Å². The largest absolute Gasteiger partial charge is 0.480 e. The van der Waals surface area contributed by atoms with E-state index >= 15 is 0 Å². The molecule has 3 N–H and O–H groups in total. The van der Waals surface area contributed by atoms with E-state index in [1.165, 1.54) is 17.6 Å². The van der Waals surface area contributed by atoms with Crippen LogP contribution in [0.4, 0.5) is 13.2 Å². The third-order valence-electron chi connectivity index (χ3n) is 1.95. The zero-order valence-electron chi connectivity index (χ0n) is 8.41. The molecule has 0 radical (unpaired) electrons. The van der Waals surface area contributed by atoms with Gasteiger partial charge < -0.3 is 15.4 Å². The zero-order valence-corrected chi connectivity index (χ0v) is 8.41. The maximum Gasteiger partial charge on any atom is 0.471 e. The number of aliphatic carboxylic acids is 1. The average Bonchev–Trinajstić information content (AvgIpc) is 2.67. The number of hydrogen-bond acceptors (Lipinski definition) is 2. The predicted molar refractivity (Wildman–Crippen MR) is 50.1 cm³/mol. The fourth-order valence-electron chi connectivity index (χ4n) is 1.15. The van der Waals surface area contributed by atoms with Gasteiger partial charge in [-0.2, -0.15) is 13.2 Å². The van der Waals surface area contributed by atoms with Crippen molar-refractivity contribution < 1.29 is 27.9 Å². The highest BCUT2D eigenvalue weighted by atomic mass is 19.4. The summed E-state index contributed by atoms with van der Waals surface area (Å²) < 4.78 is 35.8. The number of hydrogen-bond donors (Lipinski definition) is 3. The summed E-state index contributed by atoms with van der Waals surface area (Å²) >= 11 is 0. The Morgan fingerprint density at radius 1 is 1.47 bits per heavy atom. The molecule has 1 unspecified atom stereocenters. The molecule has 0 aliphatic heterocycles. The fraction of sp³-hybridized carbons (Fsp3) is 0.333. The molecule has 0 saturated carbocycles. The topological polar surface area (TPSA) is 82.2 Å². The first-order valence-corrected chi connectivity index (χ1v) is 4.53. The number of carboxylic acids is 1. The van der Waals surface area contributed by atoms with Crippen molar-refractivity contribution in [2.75, 3.05) is 0 Å². The first kappa shape index (κ1) is 13.1. The van der Waals surface area contributed by atoms with Crippen LogP contribution in [0.5, 0.6) is 0 Å². The Kier molecular flexibility index (Phi) is 3.77. The summed E-state index contributed by atoms with van der Waals surface area (Å²) in [4.78, 5) is 23.9. The van der Waals surface area contributed by atoms with Crippen LogP contribution in [0.2, 0.25) is 0 Å². The van der Waals surface area contributed by atoms with Gasteiger partial charge in [0.2, 0.25) is 0 Å². The van der Waals surface area contributed by atoms with E-state index in [9.17, 15) is 22.8 Å². The molecular weight excluding hydrogens is 241 g/mol. The molecular formula is C9H9F3N2O3. The van der Waals surface area contributed by atoms with Crippen LogP contribution < -0.4 is 5.32 Å². The normalized spacial score (nSPS) is 13.1. The number of alkyl halides is 3. The first-order chi connectivity index (χ1) is 7.80. The van der Waals surface area contributed by atoms with E-state index in [0.29, 0.717) is 5.69 Å². The number of halogens is 3. The number of carbonyl (C=O) groups excluding carboxylic acids is 1. The number of amides is 1. The molecule has 0 aliphatic carbocycles. The Labute approximate surface area is 93.6 Å². The zero-order chi connectivity index (χ0) is 13.1. The van der Waals surface area contributed by atoms with Crippen LogP contribution in [0.1, 0.15) is 5.69 Å². The van der Waals surface area contributed by atoms with E-state index in [-0.39, 0.29) is 6.42 Å².